The molecule has 0 aliphatic heterocycles. The van der Waals surface area contributed by atoms with Gasteiger partial charge in [0.25, 0.3) is 0 Å². The zero-order chi connectivity index (χ0) is 32.2. The van der Waals surface area contributed by atoms with Crippen molar-refractivity contribution >= 4 is 63.4 Å². The van der Waals surface area contributed by atoms with Crippen LogP contribution in [0, 0.1) is 10.6 Å². The zero-order valence-electron chi connectivity index (χ0n) is 25.4. The van der Waals surface area contributed by atoms with E-state index >= 15 is 0 Å². The lowest BCUT2D eigenvalue weighted by Gasteiger charge is -2.19. The molecule has 1 aromatic carbocycles. The molecule has 46 heavy (non-hydrogen) atoms. The van der Waals surface area contributed by atoms with Crippen LogP contribution in [0.3, 0.4) is 0 Å². The average molecular weight is 748 g/mol. The lowest BCUT2D eigenvalue weighted by Crippen LogP contribution is -2.27. The second kappa shape index (κ2) is 15.1. The monoisotopic (exact) mass is 747 g/mol. The van der Waals surface area contributed by atoms with Crippen molar-refractivity contribution < 1.29 is 23.8 Å². The number of nitrogen functional groups attached to an aromatic ring is 1. The molecule has 0 radical (unpaired) electrons. The number of carbonyl (C=O) groups excluding carboxylic acids is 2. The van der Waals surface area contributed by atoms with Crippen molar-refractivity contribution in [1.29, 1.82) is 0 Å². The van der Waals surface area contributed by atoms with E-state index in [9.17, 15) is 9.59 Å². The number of nitrogens with two attached hydrogens (primary N) is 1. The van der Waals surface area contributed by atoms with Crippen LogP contribution in [0.4, 0.5) is 26.9 Å². The normalized spacial score (nSPS) is 11.0. The molecule has 4 N–H and O–H groups in total. The van der Waals surface area contributed by atoms with Crippen molar-refractivity contribution in [1.82, 2.24) is 29.2 Å². The zero-order valence-corrected chi connectivity index (χ0v) is 27.5. The molecule has 0 aliphatic rings. The molecule has 4 heterocycles. The number of hydrogen-bond acceptors (Lipinski definition) is 10. The van der Waals surface area contributed by atoms with Gasteiger partial charge in [-0.1, -0.05) is 20.9 Å². The van der Waals surface area contributed by atoms with E-state index in [4.69, 9.17) is 19.9 Å². The number of ether oxygens (including phenoxy) is 3. The van der Waals surface area contributed by atoms with Crippen LogP contribution in [0.1, 0.15) is 62.0 Å². The van der Waals surface area contributed by atoms with Crippen molar-refractivity contribution in [2.45, 2.75) is 74.5 Å². The molecule has 0 saturated carbocycles. The van der Waals surface area contributed by atoms with Gasteiger partial charge in [0, 0.05) is 17.8 Å². The molecule has 15 heteroatoms. The van der Waals surface area contributed by atoms with E-state index in [1.165, 1.54) is 4.52 Å². The Morgan fingerprint density at radius 1 is 0.783 bits per heavy atom. The summed E-state index contributed by atoms with van der Waals surface area (Å²) in [5, 5.41) is 13.7. The van der Waals surface area contributed by atoms with Gasteiger partial charge in [-0.05, 0) is 101 Å². The summed E-state index contributed by atoms with van der Waals surface area (Å²) in [6.07, 6.45) is 2.12. The summed E-state index contributed by atoms with van der Waals surface area (Å²) >= 11 is 2.11. The first-order valence-corrected chi connectivity index (χ1v) is 14.5. The number of nitrogens with zero attached hydrogens (tertiary/aromatic N) is 6. The molecule has 0 aliphatic carbocycles. The summed E-state index contributed by atoms with van der Waals surface area (Å²) in [6, 6.07) is 12.5. The average Bonchev–Trinajstić information content (AvgIpc) is 3.46. The van der Waals surface area contributed by atoms with Crippen molar-refractivity contribution in [2.75, 3.05) is 16.4 Å². The fourth-order valence-electron chi connectivity index (χ4n) is 3.52. The highest BCUT2D eigenvalue weighted by atomic mass is 127. The third-order valence-corrected chi connectivity index (χ3v) is 5.89. The SMILES string of the molecule is C.C.CC(C)(C)OC(=O)Nc1cn2nc(I)ccc2n1.Cc1ccc(Oc2ccc3nc(NC(=O)OC(C)(C)C)cn3n2)cc1N. The summed E-state index contributed by atoms with van der Waals surface area (Å²) in [6.45, 7) is 12.7. The van der Waals surface area contributed by atoms with Gasteiger partial charge in [-0.2, -0.15) is 5.10 Å². The number of aryl methyl sites for hydroxylation is 1. The number of anilines is 3. The molecule has 5 aromatic rings. The Bertz CT molecular complexity index is 1810. The Kier molecular flexibility index (Phi) is 12.3. The summed E-state index contributed by atoms with van der Waals surface area (Å²) in [4.78, 5) is 31.9. The van der Waals surface area contributed by atoms with Gasteiger partial charge in [0.15, 0.2) is 22.9 Å². The third kappa shape index (κ3) is 11.0. The molecule has 0 unspecified atom stereocenters. The van der Waals surface area contributed by atoms with Crippen molar-refractivity contribution in [3.05, 3.63) is 64.1 Å². The largest absolute Gasteiger partial charge is 0.444 e. The molecule has 4 aromatic heterocycles. The van der Waals surface area contributed by atoms with E-state index in [1.54, 1.807) is 76.7 Å². The molecule has 14 nitrogen and oxygen atoms in total. The molecule has 0 bridgehead atoms. The van der Waals surface area contributed by atoms with Crippen LogP contribution in [0.25, 0.3) is 11.3 Å². The standard InChI is InChI=1S/C18H21N5O3.C11H13IN4O2.2CH4/c1-11-5-6-12(9-13(11)19)25-16-8-7-15-20-14(10-23(15)22-16)21-17(24)26-18(2,3)4;1-11(2,3)18-10(17)14-8-6-16-9(13-8)5-4-7(12)15-16;;/h5-10H,19H2,1-4H3,(H,21,24);4-6H,1-3H3,(H,14,17);2*1H4. The number of fused-ring (bicyclic) bond motifs is 2. The second-order valence-electron chi connectivity index (χ2n) is 11.6. The Morgan fingerprint density at radius 2 is 1.28 bits per heavy atom. The van der Waals surface area contributed by atoms with Crippen molar-refractivity contribution in [3.8, 4) is 11.6 Å². The van der Waals surface area contributed by atoms with E-state index < -0.39 is 23.4 Å². The topological polar surface area (TPSA) is 172 Å². The third-order valence-electron chi connectivity index (χ3n) is 5.31. The Balaban J connectivity index is 0.000000326. The van der Waals surface area contributed by atoms with Gasteiger partial charge in [-0.15, -0.1) is 5.10 Å². The molecule has 0 fully saturated rings. The van der Waals surface area contributed by atoms with Crippen molar-refractivity contribution in [2.24, 2.45) is 0 Å². The summed E-state index contributed by atoms with van der Waals surface area (Å²) in [5.41, 5.74) is 7.63. The number of imidazole rings is 2. The molecular formula is C31H42IN9O5. The van der Waals surface area contributed by atoms with E-state index in [-0.39, 0.29) is 14.9 Å². The fourth-order valence-corrected chi connectivity index (χ4v) is 3.93. The minimum Gasteiger partial charge on any atom is -0.444 e. The summed E-state index contributed by atoms with van der Waals surface area (Å²) in [5.74, 6) is 1.72. The number of hydrogen-bond donors (Lipinski definition) is 3. The maximum atomic E-state index is 11.8. The first-order chi connectivity index (χ1) is 20.5. The second-order valence-corrected chi connectivity index (χ2v) is 12.7. The molecule has 2 amide bonds. The highest BCUT2D eigenvalue weighted by molar-refractivity contribution is 14.1. The van der Waals surface area contributed by atoms with E-state index in [0.29, 0.717) is 40.2 Å². The number of benzene rings is 1. The van der Waals surface area contributed by atoms with Crippen LogP contribution in [0.5, 0.6) is 11.6 Å². The first-order valence-electron chi connectivity index (χ1n) is 13.5. The van der Waals surface area contributed by atoms with Crippen LogP contribution in [0.2, 0.25) is 0 Å². The van der Waals surface area contributed by atoms with Gasteiger partial charge in [0.1, 0.15) is 20.7 Å². The molecule has 5 rings (SSSR count). The number of nitrogens with one attached hydrogen (secondary N) is 2. The lowest BCUT2D eigenvalue weighted by molar-refractivity contribution is 0.0624. The summed E-state index contributed by atoms with van der Waals surface area (Å²) < 4.78 is 20.0. The van der Waals surface area contributed by atoms with Crippen LogP contribution < -0.4 is 21.1 Å². The molecule has 0 spiro atoms. The molecule has 0 saturated heterocycles. The van der Waals surface area contributed by atoms with E-state index in [1.807, 2.05) is 31.2 Å². The number of rotatable bonds is 4. The van der Waals surface area contributed by atoms with Crippen molar-refractivity contribution in [3.63, 3.8) is 0 Å². The van der Waals surface area contributed by atoms with Gasteiger partial charge >= 0.3 is 12.2 Å². The maximum Gasteiger partial charge on any atom is 0.413 e. The van der Waals surface area contributed by atoms with Gasteiger partial charge < -0.3 is 19.9 Å². The quantitative estimate of drug-likeness (QED) is 0.122. The van der Waals surface area contributed by atoms with E-state index in [2.05, 4.69) is 53.4 Å². The van der Waals surface area contributed by atoms with Crippen LogP contribution in [-0.4, -0.2) is 52.6 Å². The number of carbonyl (C=O) groups is 2. The predicted octanol–water partition coefficient (Wildman–Crippen LogP) is 7.71. The van der Waals surface area contributed by atoms with Gasteiger partial charge in [-0.3, -0.25) is 10.6 Å². The molecular weight excluding hydrogens is 705 g/mol. The summed E-state index contributed by atoms with van der Waals surface area (Å²) in [7, 11) is 0. The van der Waals surface area contributed by atoms with Gasteiger partial charge in [0.2, 0.25) is 5.88 Å². The lowest BCUT2D eigenvalue weighted by atomic mass is 10.2. The van der Waals surface area contributed by atoms with Crippen LogP contribution >= 0.6 is 22.6 Å². The number of amides is 2. The number of aromatic nitrogens is 6. The van der Waals surface area contributed by atoms with E-state index in [0.717, 1.165) is 9.26 Å². The Morgan fingerprint density at radius 3 is 1.78 bits per heavy atom. The van der Waals surface area contributed by atoms with Gasteiger partial charge in [0.05, 0.1) is 12.4 Å². The predicted molar refractivity (Wildman–Crippen MR) is 188 cm³/mol. The smallest absolute Gasteiger partial charge is 0.413 e. The Labute approximate surface area is 282 Å². The number of halogens is 1. The van der Waals surface area contributed by atoms with Gasteiger partial charge in [-0.25, -0.2) is 28.6 Å². The first kappa shape index (κ1) is 37.5. The minimum absolute atomic E-state index is 0. The molecule has 248 valence electrons. The van der Waals surface area contributed by atoms with Crippen LogP contribution in [0.15, 0.2) is 54.9 Å². The molecule has 0 atom stereocenters. The maximum absolute atomic E-state index is 11.8. The Hall–Kier alpha value is -4.67. The van der Waals surface area contributed by atoms with Crippen LogP contribution in [-0.2, 0) is 9.47 Å². The fraction of sp³-hybridized carbons (Fsp3) is 0.355. The highest BCUT2D eigenvalue weighted by Crippen LogP contribution is 2.24. The highest BCUT2D eigenvalue weighted by Gasteiger charge is 2.18. The minimum atomic E-state index is -0.585.